The van der Waals surface area contributed by atoms with Crippen LogP contribution in [0.5, 0.6) is 0 Å². The van der Waals surface area contributed by atoms with Gasteiger partial charge in [0.05, 0.1) is 4.92 Å². The number of allylic oxidation sites excluding steroid dienone is 1. The highest BCUT2D eigenvalue weighted by atomic mass is 32.2. The zero-order chi connectivity index (χ0) is 12.0. The molecule has 1 rings (SSSR count). The van der Waals surface area contributed by atoms with E-state index in [4.69, 9.17) is 0 Å². The number of nitrogens with zero attached hydrogens (tertiary/aromatic N) is 1. The highest BCUT2D eigenvalue weighted by molar-refractivity contribution is 7.99. The Balaban J connectivity index is 2.85. The second-order valence-electron chi connectivity index (χ2n) is 3.25. The molecular formula is C12H15NO2S. The Bertz CT molecular complexity index is 385. The van der Waals surface area contributed by atoms with E-state index in [-0.39, 0.29) is 10.6 Å². The van der Waals surface area contributed by atoms with Crippen molar-refractivity contribution in [1.29, 1.82) is 0 Å². The van der Waals surface area contributed by atoms with Crippen LogP contribution in [0.25, 0.3) is 6.08 Å². The fraction of sp³-hybridized carbons (Fsp3) is 0.333. The second kappa shape index (κ2) is 6.33. The van der Waals surface area contributed by atoms with Gasteiger partial charge in [0.25, 0.3) is 0 Å². The summed E-state index contributed by atoms with van der Waals surface area (Å²) in [5.74, 6) is 1.03. The van der Waals surface area contributed by atoms with Gasteiger partial charge in [0.1, 0.15) is 0 Å². The molecule has 0 atom stereocenters. The molecule has 0 saturated carbocycles. The molecule has 0 bridgehead atoms. The van der Waals surface area contributed by atoms with Crippen LogP contribution in [0, 0.1) is 10.1 Å². The normalized spacial score (nSPS) is 11.5. The van der Waals surface area contributed by atoms with Crippen LogP contribution in [0.2, 0.25) is 0 Å². The Morgan fingerprint density at radius 3 is 2.44 bits per heavy atom. The molecule has 4 heteroatoms. The maximum absolute atomic E-state index is 10.6. The van der Waals surface area contributed by atoms with Crippen molar-refractivity contribution in [2.45, 2.75) is 25.2 Å². The molecule has 0 aliphatic rings. The van der Waals surface area contributed by atoms with Gasteiger partial charge in [-0.15, -0.1) is 11.8 Å². The molecule has 0 aliphatic heterocycles. The van der Waals surface area contributed by atoms with Gasteiger partial charge in [-0.25, -0.2) is 0 Å². The lowest BCUT2D eigenvalue weighted by Gasteiger charge is -1.99. The largest absolute Gasteiger partial charge is 0.259 e. The molecule has 16 heavy (non-hydrogen) atoms. The Morgan fingerprint density at radius 1 is 1.38 bits per heavy atom. The summed E-state index contributed by atoms with van der Waals surface area (Å²) in [7, 11) is 0. The molecular weight excluding hydrogens is 222 g/mol. The van der Waals surface area contributed by atoms with Crippen molar-refractivity contribution in [2.75, 3.05) is 5.75 Å². The lowest BCUT2D eigenvalue weighted by Crippen LogP contribution is -1.96. The molecule has 0 spiro atoms. The third-order valence-electron chi connectivity index (χ3n) is 2.12. The standard InChI is InChI=1S/C12H15NO2S/c1-3-11(13(14)15)9-10-5-7-12(8-6-10)16-4-2/h5-9H,3-4H2,1-2H3/b11-9-. The predicted molar refractivity (Wildman–Crippen MR) is 68.1 cm³/mol. The molecule has 0 radical (unpaired) electrons. The van der Waals surface area contributed by atoms with E-state index < -0.39 is 0 Å². The first-order chi connectivity index (χ1) is 7.67. The zero-order valence-corrected chi connectivity index (χ0v) is 10.3. The molecule has 0 amide bonds. The Labute approximate surface area is 99.7 Å². The third kappa shape index (κ3) is 3.70. The third-order valence-corrected chi connectivity index (χ3v) is 3.02. The van der Waals surface area contributed by atoms with E-state index in [0.29, 0.717) is 6.42 Å². The summed E-state index contributed by atoms with van der Waals surface area (Å²) in [6.07, 6.45) is 2.07. The average molecular weight is 237 g/mol. The van der Waals surface area contributed by atoms with Crippen LogP contribution in [0.1, 0.15) is 25.8 Å². The number of nitro groups is 1. The summed E-state index contributed by atoms with van der Waals surface area (Å²) in [5.41, 5.74) is 1.13. The second-order valence-corrected chi connectivity index (χ2v) is 4.59. The predicted octanol–water partition coefficient (Wildman–Crippen LogP) is 3.83. The van der Waals surface area contributed by atoms with Gasteiger partial charge in [0.2, 0.25) is 5.70 Å². The SMILES string of the molecule is CCSc1ccc(/C=C(/CC)[N+](=O)[O-])cc1. The van der Waals surface area contributed by atoms with Gasteiger partial charge in [0.15, 0.2) is 0 Å². The molecule has 0 fully saturated rings. The van der Waals surface area contributed by atoms with Crippen LogP contribution >= 0.6 is 11.8 Å². The van der Waals surface area contributed by atoms with Crippen molar-refractivity contribution in [1.82, 2.24) is 0 Å². The van der Waals surface area contributed by atoms with Crippen molar-refractivity contribution in [2.24, 2.45) is 0 Å². The number of hydrogen-bond acceptors (Lipinski definition) is 3. The quantitative estimate of drug-likeness (QED) is 0.444. The highest BCUT2D eigenvalue weighted by Gasteiger charge is 2.06. The van der Waals surface area contributed by atoms with E-state index in [1.165, 1.54) is 4.90 Å². The van der Waals surface area contributed by atoms with Crippen LogP contribution in [0.4, 0.5) is 0 Å². The van der Waals surface area contributed by atoms with Gasteiger partial charge < -0.3 is 0 Å². The Kier molecular flexibility index (Phi) is 5.05. The summed E-state index contributed by atoms with van der Waals surface area (Å²) in [6.45, 7) is 3.89. The van der Waals surface area contributed by atoms with E-state index in [0.717, 1.165) is 11.3 Å². The van der Waals surface area contributed by atoms with Crippen LogP contribution < -0.4 is 0 Å². The molecule has 1 aromatic carbocycles. The minimum Gasteiger partial charge on any atom is -0.259 e. The van der Waals surface area contributed by atoms with E-state index in [2.05, 4.69) is 6.92 Å². The van der Waals surface area contributed by atoms with Crippen LogP contribution in [0.3, 0.4) is 0 Å². The fourth-order valence-corrected chi connectivity index (χ4v) is 1.97. The van der Waals surface area contributed by atoms with E-state index in [1.54, 1.807) is 24.8 Å². The van der Waals surface area contributed by atoms with E-state index >= 15 is 0 Å². The highest BCUT2D eigenvalue weighted by Crippen LogP contribution is 2.19. The minimum atomic E-state index is -0.325. The number of hydrogen-bond donors (Lipinski definition) is 0. The molecule has 3 nitrogen and oxygen atoms in total. The molecule has 0 N–H and O–H groups in total. The maximum Gasteiger partial charge on any atom is 0.246 e. The molecule has 86 valence electrons. The molecule has 0 saturated heterocycles. The summed E-state index contributed by atoms with van der Waals surface area (Å²) >= 11 is 1.76. The molecule has 0 heterocycles. The first-order valence-electron chi connectivity index (χ1n) is 5.25. The van der Waals surface area contributed by atoms with Crippen molar-refractivity contribution in [3.63, 3.8) is 0 Å². The smallest absolute Gasteiger partial charge is 0.246 e. The Morgan fingerprint density at radius 2 is 2.00 bits per heavy atom. The molecule has 0 aliphatic carbocycles. The van der Waals surface area contributed by atoms with Crippen LogP contribution in [-0.4, -0.2) is 10.7 Å². The van der Waals surface area contributed by atoms with Gasteiger partial charge in [0, 0.05) is 17.4 Å². The molecule has 1 aromatic rings. The summed E-state index contributed by atoms with van der Waals surface area (Å²) in [5, 5.41) is 10.6. The fourth-order valence-electron chi connectivity index (χ4n) is 1.30. The summed E-state index contributed by atoms with van der Waals surface area (Å²) < 4.78 is 0. The number of rotatable bonds is 5. The average Bonchev–Trinajstić information content (AvgIpc) is 2.28. The van der Waals surface area contributed by atoms with E-state index in [1.807, 2.05) is 24.3 Å². The van der Waals surface area contributed by atoms with Gasteiger partial charge in [-0.2, -0.15) is 0 Å². The van der Waals surface area contributed by atoms with E-state index in [9.17, 15) is 10.1 Å². The summed E-state index contributed by atoms with van der Waals surface area (Å²) in [6, 6.07) is 7.81. The lowest BCUT2D eigenvalue weighted by molar-refractivity contribution is -0.425. The topological polar surface area (TPSA) is 43.1 Å². The van der Waals surface area contributed by atoms with Crippen molar-refractivity contribution < 1.29 is 4.92 Å². The van der Waals surface area contributed by atoms with Gasteiger partial charge in [-0.05, 0) is 23.4 Å². The first-order valence-corrected chi connectivity index (χ1v) is 6.23. The molecule has 0 aromatic heterocycles. The van der Waals surface area contributed by atoms with Crippen LogP contribution in [0.15, 0.2) is 34.9 Å². The van der Waals surface area contributed by atoms with Gasteiger partial charge >= 0.3 is 0 Å². The van der Waals surface area contributed by atoms with Crippen molar-refractivity contribution in [3.05, 3.63) is 45.6 Å². The lowest BCUT2D eigenvalue weighted by atomic mass is 10.2. The first kappa shape index (κ1) is 12.8. The maximum atomic E-state index is 10.6. The van der Waals surface area contributed by atoms with Crippen molar-refractivity contribution >= 4 is 17.8 Å². The number of thioether (sulfide) groups is 1. The monoisotopic (exact) mass is 237 g/mol. The number of benzene rings is 1. The van der Waals surface area contributed by atoms with Gasteiger partial charge in [-0.3, -0.25) is 10.1 Å². The van der Waals surface area contributed by atoms with Crippen molar-refractivity contribution in [3.8, 4) is 0 Å². The minimum absolute atomic E-state index is 0.246. The summed E-state index contributed by atoms with van der Waals surface area (Å²) in [4.78, 5) is 11.5. The van der Waals surface area contributed by atoms with Gasteiger partial charge in [-0.1, -0.05) is 26.0 Å². The molecule has 0 unspecified atom stereocenters. The Hall–Kier alpha value is -1.29. The zero-order valence-electron chi connectivity index (χ0n) is 9.47. The van der Waals surface area contributed by atoms with Crippen LogP contribution in [-0.2, 0) is 0 Å².